The molecule has 0 aliphatic carbocycles. The number of carbonyl (C=O) groups is 1. The van der Waals surface area contributed by atoms with Crippen LogP contribution in [0.2, 0.25) is 0 Å². The number of ether oxygens (including phenoxy) is 3. The summed E-state index contributed by atoms with van der Waals surface area (Å²) in [6, 6.07) is 5.06. The lowest BCUT2D eigenvalue weighted by atomic mass is 10.2. The molecule has 8 heteroatoms. The van der Waals surface area contributed by atoms with Crippen molar-refractivity contribution in [2.75, 3.05) is 43.3 Å². The van der Waals surface area contributed by atoms with Crippen LogP contribution in [0.3, 0.4) is 0 Å². The van der Waals surface area contributed by atoms with Crippen molar-refractivity contribution >= 4 is 17.5 Å². The quantitative estimate of drug-likeness (QED) is 0.908. The summed E-state index contributed by atoms with van der Waals surface area (Å²) < 4.78 is 15.8. The van der Waals surface area contributed by atoms with E-state index in [1.807, 2.05) is 4.90 Å². The van der Waals surface area contributed by atoms with E-state index in [-0.39, 0.29) is 12.7 Å². The van der Waals surface area contributed by atoms with E-state index >= 15 is 0 Å². The van der Waals surface area contributed by atoms with Crippen molar-refractivity contribution in [1.29, 1.82) is 0 Å². The first-order valence-electron chi connectivity index (χ1n) is 7.65. The Kier molecular flexibility index (Phi) is 3.87. The summed E-state index contributed by atoms with van der Waals surface area (Å²) in [5.41, 5.74) is 1.02. The van der Waals surface area contributed by atoms with Gasteiger partial charge in [-0.3, -0.25) is 4.79 Å². The van der Waals surface area contributed by atoms with Gasteiger partial charge < -0.3 is 24.4 Å². The fourth-order valence-corrected chi connectivity index (χ4v) is 2.55. The molecule has 1 amide bonds. The molecule has 0 radical (unpaired) electrons. The molecule has 4 rings (SSSR count). The van der Waals surface area contributed by atoms with Gasteiger partial charge in [0.05, 0.1) is 31.3 Å². The van der Waals surface area contributed by atoms with E-state index in [4.69, 9.17) is 14.2 Å². The number of benzene rings is 1. The second kappa shape index (κ2) is 6.32. The largest absolute Gasteiger partial charge is 0.454 e. The van der Waals surface area contributed by atoms with Gasteiger partial charge in [-0.15, -0.1) is 0 Å². The monoisotopic (exact) mass is 328 g/mol. The highest BCUT2D eigenvalue weighted by Gasteiger charge is 2.17. The van der Waals surface area contributed by atoms with Crippen LogP contribution in [0.15, 0.2) is 30.6 Å². The normalized spacial score (nSPS) is 16.1. The van der Waals surface area contributed by atoms with Crippen LogP contribution in [0.5, 0.6) is 11.5 Å². The van der Waals surface area contributed by atoms with E-state index in [0.717, 1.165) is 13.1 Å². The third kappa shape index (κ3) is 2.95. The van der Waals surface area contributed by atoms with Crippen molar-refractivity contribution in [3.63, 3.8) is 0 Å². The molecule has 0 unspecified atom stereocenters. The zero-order valence-corrected chi connectivity index (χ0v) is 12.9. The third-order valence-corrected chi connectivity index (χ3v) is 3.82. The molecule has 2 aliphatic heterocycles. The van der Waals surface area contributed by atoms with E-state index in [1.54, 1.807) is 30.6 Å². The van der Waals surface area contributed by atoms with Crippen LogP contribution in [0.25, 0.3) is 0 Å². The van der Waals surface area contributed by atoms with E-state index in [2.05, 4.69) is 15.3 Å². The Morgan fingerprint density at radius 3 is 2.62 bits per heavy atom. The minimum Gasteiger partial charge on any atom is -0.454 e. The molecule has 1 saturated heterocycles. The summed E-state index contributed by atoms with van der Waals surface area (Å²) >= 11 is 0. The molecule has 124 valence electrons. The fraction of sp³-hybridized carbons (Fsp3) is 0.312. The molecule has 1 N–H and O–H groups in total. The van der Waals surface area contributed by atoms with Gasteiger partial charge in [-0.05, 0) is 18.2 Å². The van der Waals surface area contributed by atoms with Gasteiger partial charge in [0.15, 0.2) is 11.5 Å². The number of hydrogen-bond donors (Lipinski definition) is 1. The van der Waals surface area contributed by atoms with E-state index in [0.29, 0.717) is 41.9 Å². The average Bonchev–Trinajstić information content (AvgIpc) is 3.11. The average molecular weight is 328 g/mol. The summed E-state index contributed by atoms with van der Waals surface area (Å²) in [4.78, 5) is 23.0. The molecule has 24 heavy (non-hydrogen) atoms. The summed E-state index contributed by atoms with van der Waals surface area (Å²) in [6.07, 6.45) is 3.20. The highest BCUT2D eigenvalue weighted by Crippen LogP contribution is 2.32. The van der Waals surface area contributed by atoms with Crippen molar-refractivity contribution in [1.82, 2.24) is 9.97 Å². The lowest BCUT2D eigenvalue weighted by Crippen LogP contribution is -2.37. The predicted octanol–water partition coefficient (Wildman–Crippen LogP) is 1.29. The van der Waals surface area contributed by atoms with Crippen LogP contribution < -0.4 is 19.7 Å². The van der Waals surface area contributed by atoms with Crippen molar-refractivity contribution in [3.8, 4) is 11.5 Å². The molecule has 2 aromatic rings. The maximum atomic E-state index is 12.3. The standard InChI is InChI=1S/C16H16N4O4/c21-15(11-1-2-13-14(7-11)24-10-23-13)19-12-8-17-16(18-9-12)20-3-5-22-6-4-20/h1-2,7-9H,3-6,10H2,(H,19,21). The molecule has 0 spiro atoms. The van der Waals surface area contributed by atoms with Gasteiger partial charge >= 0.3 is 0 Å². The zero-order valence-electron chi connectivity index (χ0n) is 12.9. The van der Waals surface area contributed by atoms with Crippen LogP contribution in [0.1, 0.15) is 10.4 Å². The number of morpholine rings is 1. The number of rotatable bonds is 3. The Labute approximate surface area is 138 Å². The number of carbonyl (C=O) groups excluding carboxylic acids is 1. The Morgan fingerprint density at radius 2 is 1.83 bits per heavy atom. The third-order valence-electron chi connectivity index (χ3n) is 3.82. The van der Waals surface area contributed by atoms with Gasteiger partial charge in [0.25, 0.3) is 5.91 Å². The molecular weight excluding hydrogens is 312 g/mol. The second-order valence-electron chi connectivity index (χ2n) is 5.39. The van der Waals surface area contributed by atoms with Crippen LogP contribution in [-0.4, -0.2) is 49.0 Å². The van der Waals surface area contributed by atoms with Crippen molar-refractivity contribution in [3.05, 3.63) is 36.2 Å². The predicted molar refractivity (Wildman–Crippen MR) is 85.6 cm³/mol. The highest BCUT2D eigenvalue weighted by molar-refractivity contribution is 6.04. The number of fused-ring (bicyclic) bond motifs is 1. The van der Waals surface area contributed by atoms with Crippen molar-refractivity contribution in [2.24, 2.45) is 0 Å². The van der Waals surface area contributed by atoms with Gasteiger partial charge in [0, 0.05) is 18.7 Å². The number of anilines is 2. The first-order valence-corrected chi connectivity index (χ1v) is 7.65. The molecule has 1 aromatic carbocycles. The molecule has 2 aliphatic rings. The molecule has 8 nitrogen and oxygen atoms in total. The molecule has 3 heterocycles. The van der Waals surface area contributed by atoms with Gasteiger partial charge in [-0.2, -0.15) is 0 Å². The molecule has 1 fully saturated rings. The topological polar surface area (TPSA) is 85.8 Å². The molecular formula is C16H16N4O4. The van der Waals surface area contributed by atoms with E-state index in [1.165, 1.54) is 0 Å². The Hall–Kier alpha value is -2.87. The van der Waals surface area contributed by atoms with Gasteiger partial charge in [0.1, 0.15) is 0 Å². The summed E-state index contributed by atoms with van der Waals surface area (Å²) in [7, 11) is 0. The van der Waals surface area contributed by atoms with Gasteiger partial charge in [-0.1, -0.05) is 0 Å². The Bertz CT molecular complexity index is 744. The van der Waals surface area contributed by atoms with Crippen molar-refractivity contribution < 1.29 is 19.0 Å². The maximum absolute atomic E-state index is 12.3. The zero-order chi connectivity index (χ0) is 16.4. The number of hydrogen-bond acceptors (Lipinski definition) is 7. The van der Waals surface area contributed by atoms with Crippen LogP contribution >= 0.6 is 0 Å². The molecule has 0 bridgehead atoms. The maximum Gasteiger partial charge on any atom is 0.255 e. The second-order valence-corrected chi connectivity index (χ2v) is 5.39. The number of amides is 1. The van der Waals surface area contributed by atoms with Crippen molar-refractivity contribution in [2.45, 2.75) is 0 Å². The minimum absolute atomic E-state index is 0.178. The van der Waals surface area contributed by atoms with E-state index < -0.39 is 0 Å². The number of nitrogens with one attached hydrogen (secondary N) is 1. The lowest BCUT2D eigenvalue weighted by molar-refractivity contribution is 0.102. The lowest BCUT2D eigenvalue weighted by Gasteiger charge is -2.26. The minimum atomic E-state index is -0.254. The first kappa shape index (κ1) is 14.7. The van der Waals surface area contributed by atoms with Gasteiger partial charge in [-0.25, -0.2) is 9.97 Å². The summed E-state index contributed by atoms with van der Waals surface area (Å²) in [5.74, 6) is 1.60. The highest BCUT2D eigenvalue weighted by atomic mass is 16.7. The number of aromatic nitrogens is 2. The van der Waals surface area contributed by atoms with Gasteiger partial charge in [0.2, 0.25) is 12.7 Å². The summed E-state index contributed by atoms with van der Waals surface area (Å²) in [6.45, 7) is 3.06. The first-order chi connectivity index (χ1) is 11.8. The van der Waals surface area contributed by atoms with Crippen LogP contribution in [0, 0.1) is 0 Å². The molecule has 0 atom stereocenters. The summed E-state index contributed by atoms with van der Waals surface area (Å²) in [5, 5.41) is 2.78. The van der Waals surface area contributed by atoms with Crippen LogP contribution in [0.4, 0.5) is 11.6 Å². The Balaban J connectivity index is 1.44. The SMILES string of the molecule is O=C(Nc1cnc(N2CCOCC2)nc1)c1ccc2c(c1)OCO2. The van der Waals surface area contributed by atoms with E-state index in [9.17, 15) is 4.79 Å². The fourth-order valence-electron chi connectivity index (χ4n) is 2.55. The number of nitrogens with zero attached hydrogens (tertiary/aromatic N) is 3. The smallest absolute Gasteiger partial charge is 0.255 e. The molecule has 1 aromatic heterocycles. The van der Waals surface area contributed by atoms with Crippen LogP contribution in [-0.2, 0) is 4.74 Å². The Morgan fingerprint density at radius 1 is 1.08 bits per heavy atom. The molecule has 0 saturated carbocycles.